The van der Waals surface area contributed by atoms with E-state index in [1.54, 1.807) is 24.3 Å². The molecular formula is C18H30N4O2. The molecule has 134 valence electrons. The van der Waals surface area contributed by atoms with Gasteiger partial charge in [0.2, 0.25) is 11.8 Å². The molecule has 0 aliphatic rings. The number of carbonyl (C=O) groups is 2. The summed E-state index contributed by atoms with van der Waals surface area (Å²) in [7, 11) is 0. The zero-order valence-corrected chi connectivity index (χ0v) is 14.4. The van der Waals surface area contributed by atoms with Crippen molar-refractivity contribution >= 4 is 23.2 Å². The van der Waals surface area contributed by atoms with Crippen molar-refractivity contribution in [2.24, 2.45) is 11.5 Å². The summed E-state index contributed by atoms with van der Waals surface area (Å²) in [4.78, 5) is 23.6. The quantitative estimate of drug-likeness (QED) is 0.440. The molecule has 0 atom stereocenters. The van der Waals surface area contributed by atoms with Gasteiger partial charge < -0.3 is 22.1 Å². The molecule has 6 heteroatoms. The van der Waals surface area contributed by atoms with Gasteiger partial charge in [0.05, 0.1) is 0 Å². The Bertz CT molecular complexity index is 443. The molecule has 0 aliphatic carbocycles. The van der Waals surface area contributed by atoms with Gasteiger partial charge in [-0.05, 0) is 63.0 Å². The van der Waals surface area contributed by atoms with Crippen LogP contribution in [0.2, 0.25) is 0 Å². The third-order valence-corrected chi connectivity index (χ3v) is 3.67. The van der Waals surface area contributed by atoms with E-state index < -0.39 is 0 Å². The Morgan fingerprint density at radius 1 is 0.667 bits per heavy atom. The van der Waals surface area contributed by atoms with Crippen LogP contribution in [-0.2, 0) is 9.59 Å². The second kappa shape index (κ2) is 12.5. The molecule has 0 radical (unpaired) electrons. The summed E-state index contributed by atoms with van der Waals surface area (Å²) in [6.45, 7) is 1.34. The van der Waals surface area contributed by atoms with Crippen molar-refractivity contribution in [3.63, 3.8) is 0 Å². The van der Waals surface area contributed by atoms with Crippen molar-refractivity contribution in [2.75, 3.05) is 23.7 Å². The molecule has 0 saturated heterocycles. The van der Waals surface area contributed by atoms with E-state index in [0.29, 0.717) is 25.9 Å². The number of hydrogen-bond acceptors (Lipinski definition) is 4. The van der Waals surface area contributed by atoms with Gasteiger partial charge in [-0.1, -0.05) is 12.8 Å². The molecule has 24 heavy (non-hydrogen) atoms. The Labute approximate surface area is 144 Å². The fourth-order valence-electron chi connectivity index (χ4n) is 2.30. The molecule has 1 aromatic carbocycles. The van der Waals surface area contributed by atoms with Gasteiger partial charge in [-0.15, -0.1) is 0 Å². The summed E-state index contributed by atoms with van der Waals surface area (Å²) in [6, 6.07) is 7.17. The average Bonchev–Trinajstić information content (AvgIpc) is 2.57. The monoisotopic (exact) mass is 334 g/mol. The van der Waals surface area contributed by atoms with Crippen LogP contribution in [0, 0.1) is 0 Å². The van der Waals surface area contributed by atoms with E-state index in [1.807, 2.05) is 0 Å². The maximum absolute atomic E-state index is 11.8. The number of amides is 2. The average molecular weight is 334 g/mol. The number of anilines is 2. The Morgan fingerprint density at radius 2 is 1.04 bits per heavy atom. The minimum absolute atomic E-state index is 0.00344. The SMILES string of the molecule is NCCCCCC(=O)Nc1ccc(NC(=O)CCCCCN)cc1. The molecule has 0 fully saturated rings. The first-order valence-corrected chi connectivity index (χ1v) is 8.75. The summed E-state index contributed by atoms with van der Waals surface area (Å²) in [5, 5.41) is 5.71. The topological polar surface area (TPSA) is 110 Å². The molecule has 0 bridgehead atoms. The molecule has 6 nitrogen and oxygen atoms in total. The first-order valence-electron chi connectivity index (χ1n) is 8.75. The van der Waals surface area contributed by atoms with Crippen LogP contribution in [0.15, 0.2) is 24.3 Å². The Morgan fingerprint density at radius 3 is 1.38 bits per heavy atom. The maximum Gasteiger partial charge on any atom is 0.224 e. The summed E-state index contributed by atoms with van der Waals surface area (Å²) in [6.07, 6.45) is 6.55. The van der Waals surface area contributed by atoms with E-state index in [-0.39, 0.29) is 11.8 Å². The number of unbranched alkanes of at least 4 members (excludes halogenated alkanes) is 4. The van der Waals surface area contributed by atoms with E-state index in [0.717, 1.165) is 49.9 Å². The predicted octanol–water partition coefficient (Wildman–Crippen LogP) is 2.60. The molecule has 6 N–H and O–H groups in total. The zero-order valence-electron chi connectivity index (χ0n) is 14.4. The van der Waals surface area contributed by atoms with Crippen LogP contribution in [0.5, 0.6) is 0 Å². The number of hydrogen-bond donors (Lipinski definition) is 4. The summed E-state index contributed by atoms with van der Waals surface area (Å²) in [5.41, 5.74) is 12.3. The van der Waals surface area contributed by atoms with Gasteiger partial charge in [-0.25, -0.2) is 0 Å². The van der Waals surface area contributed by atoms with Crippen LogP contribution in [0.4, 0.5) is 11.4 Å². The second-order valence-corrected chi connectivity index (χ2v) is 5.87. The Kier molecular flexibility index (Phi) is 10.5. The van der Waals surface area contributed by atoms with Crippen LogP contribution in [0.25, 0.3) is 0 Å². The highest BCUT2D eigenvalue weighted by Crippen LogP contribution is 2.15. The number of nitrogens with one attached hydrogen (secondary N) is 2. The minimum Gasteiger partial charge on any atom is -0.330 e. The first kappa shape index (κ1) is 20.1. The van der Waals surface area contributed by atoms with E-state index in [1.165, 1.54) is 0 Å². The van der Waals surface area contributed by atoms with E-state index in [4.69, 9.17) is 11.5 Å². The van der Waals surface area contributed by atoms with Gasteiger partial charge in [-0.3, -0.25) is 9.59 Å². The summed E-state index contributed by atoms with van der Waals surface area (Å²) >= 11 is 0. The van der Waals surface area contributed by atoms with Crippen molar-refractivity contribution in [3.05, 3.63) is 24.3 Å². The van der Waals surface area contributed by atoms with Gasteiger partial charge in [0.15, 0.2) is 0 Å². The molecule has 0 spiro atoms. The molecule has 0 unspecified atom stereocenters. The van der Waals surface area contributed by atoms with Crippen LogP contribution in [-0.4, -0.2) is 24.9 Å². The highest BCUT2D eigenvalue weighted by atomic mass is 16.2. The molecule has 0 heterocycles. The molecule has 1 aromatic rings. The molecule has 1 rings (SSSR count). The summed E-state index contributed by atoms with van der Waals surface area (Å²) < 4.78 is 0. The molecule has 0 aliphatic heterocycles. The zero-order chi connectivity index (χ0) is 17.6. The fourth-order valence-corrected chi connectivity index (χ4v) is 2.30. The molecule has 2 amide bonds. The number of rotatable bonds is 12. The third kappa shape index (κ3) is 9.27. The maximum atomic E-state index is 11.8. The molecular weight excluding hydrogens is 304 g/mol. The first-order chi connectivity index (χ1) is 11.7. The van der Waals surface area contributed by atoms with E-state index in [9.17, 15) is 9.59 Å². The van der Waals surface area contributed by atoms with Gasteiger partial charge in [0.25, 0.3) is 0 Å². The van der Waals surface area contributed by atoms with Crippen molar-refractivity contribution in [2.45, 2.75) is 51.4 Å². The number of benzene rings is 1. The lowest BCUT2D eigenvalue weighted by Crippen LogP contribution is -2.13. The number of carbonyl (C=O) groups excluding carboxylic acids is 2. The van der Waals surface area contributed by atoms with E-state index >= 15 is 0 Å². The van der Waals surface area contributed by atoms with Crippen LogP contribution in [0.3, 0.4) is 0 Å². The normalized spacial score (nSPS) is 10.4. The van der Waals surface area contributed by atoms with Crippen LogP contribution in [0.1, 0.15) is 51.4 Å². The van der Waals surface area contributed by atoms with Gasteiger partial charge in [-0.2, -0.15) is 0 Å². The summed E-state index contributed by atoms with van der Waals surface area (Å²) in [5.74, 6) is 0.00687. The lowest BCUT2D eigenvalue weighted by molar-refractivity contribution is -0.117. The van der Waals surface area contributed by atoms with Crippen molar-refractivity contribution in [1.29, 1.82) is 0 Å². The molecule has 0 aromatic heterocycles. The highest BCUT2D eigenvalue weighted by Gasteiger charge is 2.04. The van der Waals surface area contributed by atoms with Gasteiger partial charge >= 0.3 is 0 Å². The lowest BCUT2D eigenvalue weighted by atomic mass is 10.2. The van der Waals surface area contributed by atoms with Crippen molar-refractivity contribution in [3.8, 4) is 0 Å². The molecule has 0 saturated carbocycles. The van der Waals surface area contributed by atoms with Crippen LogP contribution >= 0.6 is 0 Å². The van der Waals surface area contributed by atoms with Gasteiger partial charge in [0, 0.05) is 24.2 Å². The Balaban J connectivity index is 2.29. The highest BCUT2D eigenvalue weighted by molar-refractivity contribution is 5.92. The minimum atomic E-state index is 0.00344. The third-order valence-electron chi connectivity index (χ3n) is 3.67. The number of nitrogens with two attached hydrogens (primary N) is 2. The van der Waals surface area contributed by atoms with Crippen LogP contribution < -0.4 is 22.1 Å². The fraction of sp³-hybridized carbons (Fsp3) is 0.556. The van der Waals surface area contributed by atoms with Crippen molar-refractivity contribution in [1.82, 2.24) is 0 Å². The van der Waals surface area contributed by atoms with E-state index in [2.05, 4.69) is 10.6 Å². The lowest BCUT2D eigenvalue weighted by Gasteiger charge is -2.08. The second-order valence-electron chi connectivity index (χ2n) is 5.87. The van der Waals surface area contributed by atoms with Gasteiger partial charge in [0.1, 0.15) is 0 Å². The largest absolute Gasteiger partial charge is 0.330 e. The van der Waals surface area contributed by atoms with Crippen molar-refractivity contribution < 1.29 is 9.59 Å². The predicted molar refractivity (Wildman–Crippen MR) is 98.7 cm³/mol. The standard InChI is InChI=1S/C18H30N4O2/c19-13-5-1-3-7-17(23)21-15-9-11-16(12-10-15)22-18(24)8-4-2-6-14-20/h9-12H,1-8,13-14,19-20H2,(H,21,23)(H,22,24). The smallest absolute Gasteiger partial charge is 0.224 e. The Hall–Kier alpha value is -1.92.